The van der Waals surface area contributed by atoms with Gasteiger partial charge >= 0.3 is 0 Å². The molecule has 1 aliphatic heterocycles. The first-order valence-corrected chi connectivity index (χ1v) is 10.4. The molecule has 0 unspecified atom stereocenters. The summed E-state index contributed by atoms with van der Waals surface area (Å²) in [6.45, 7) is 0.108. The third-order valence-corrected chi connectivity index (χ3v) is 7.33. The summed E-state index contributed by atoms with van der Waals surface area (Å²) in [7, 11) is -4.20. The first-order valence-electron chi connectivity index (χ1n) is 7.39. The van der Waals surface area contributed by atoms with E-state index < -0.39 is 26.6 Å². The molecule has 0 atom stereocenters. The zero-order chi connectivity index (χ0) is 19.1. The van der Waals surface area contributed by atoms with Crippen molar-refractivity contribution in [3.8, 4) is 0 Å². The summed E-state index contributed by atoms with van der Waals surface area (Å²) >= 11 is 12.9. The molecule has 0 N–H and O–H groups in total. The van der Waals surface area contributed by atoms with Crippen LogP contribution in [0.4, 0.5) is 8.78 Å². The summed E-state index contributed by atoms with van der Waals surface area (Å²) in [5.74, 6) is -2.22. The van der Waals surface area contributed by atoms with Gasteiger partial charge in [-0.15, -0.1) is 11.3 Å². The fourth-order valence-electron chi connectivity index (χ4n) is 2.60. The molecule has 0 spiro atoms. The van der Waals surface area contributed by atoms with E-state index in [0.29, 0.717) is 10.4 Å². The van der Waals surface area contributed by atoms with Crippen LogP contribution in [0.5, 0.6) is 0 Å². The Balaban J connectivity index is 1.75. The first kappa shape index (κ1) is 19.5. The molecule has 3 rings (SSSR count). The smallest absolute Gasteiger partial charge is 0.256 e. The van der Waals surface area contributed by atoms with Gasteiger partial charge in [0.1, 0.15) is 20.9 Å². The maximum atomic E-state index is 13.8. The number of rotatable bonds is 3. The molecular weight excluding hydrogens is 429 g/mol. The van der Waals surface area contributed by atoms with E-state index in [1.807, 2.05) is 0 Å². The zero-order valence-electron chi connectivity index (χ0n) is 13.1. The Labute approximate surface area is 162 Å². The zero-order valence-corrected chi connectivity index (χ0v) is 16.2. The van der Waals surface area contributed by atoms with Gasteiger partial charge in [0, 0.05) is 26.2 Å². The number of carbonyl (C=O) groups excluding carboxylic acids is 1. The molecule has 1 aromatic heterocycles. The summed E-state index contributed by atoms with van der Waals surface area (Å²) in [6, 6.07) is 3.72. The number of hydrogen-bond acceptors (Lipinski definition) is 4. The largest absolute Gasteiger partial charge is 0.336 e. The summed E-state index contributed by atoms with van der Waals surface area (Å²) in [5.41, 5.74) is 0.258. The van der Waals surface area contributed by atoms with Crippen LogP contribution in [0.1, 0.15) is 10.4 Å². The number of amides is 1. The lowest BCUT2D eigenvalue weighted by molar-refractivity contribution is 0.0698. The lowest BCUT2D eigenvalue weighted by Crippen LogP contribution is -2.50. The standard InChI is InChI=1S/C15H12Cl2F2N2O3S2/c16-13-8-10(14(17)25-13)15(22)20-3-5-21(6-4-20)26(23,24)12-7-9(18)1-2-11(12)19/h1-2,7-8H,3-6H2. The number of hydrogen-bond donors (Lipinski definition) is 0. The van der Waals surface area contributed by atoms with Crippen LogP contribution in [0.25, 0.3) is 0 Å². The maximum absolute atomic E-state index is 13.8. The van der Waals surface area contributed by atoms with Crippen molar-refractivity contribution in [2.24, 2.45) is 0 Å². The Bertz CT molecular complexity index is 958. The third kappa shape index (κ3) is 3.72. The lowest BCUT2D eigenvalue weighted by atomic mass is 10.2. The molecule has 1 fully saturated rings. The van der Waals surface area contributed by atoms with Gasteiger partial charge in [-0.3, -0.25) is 4.79 Å². The van der Waals surface area contributed by atoms with E-state index in [2.05, 4.69) is 0 Å². The molecule has 0 saturated carbocycles. The Morgan fingerprint density at radius 2 is 1.73 bits per heavy atom. The fraction of sp³-hybridized carbons (Fsp3) is 0.267. The SMILES string of the molecule is O=C(c1cc(Cl)sc1Cl)N1CCN(S(=O)(=O)c2cc(F)ccc2F)CC1. The van der Waals surface area contributed by atoms with Crippen molar-refractivity contribution >= 4 is 50.5 Å². The van der Waals surface area contributed by atoms with Crippen molar-refractivity contribution in [2.75, 3.05) is 26.2 Å². The number of carbonyl (C=O) groups is 1. The number of sulfonamides is 1. The molecule has 0 radical (unpaired) electrons. The lowest BCUT2D eigenvalue weighted by Gasteiger charge is -2.34. The van der Waals surface area contributed by atoms with E-state index in [1.165, 1.54) is 11.0 Å². The van der Waals surface area contributed by atoms with Gasteiger partial charge in [0.25, 0.3) is 5.91 Å². The monoisotopic (exact) mass is 440 g/mol. The average molecular weight is 441 g/mol. The second kappa shape index (κ2) is 7.40. The molecular formula is C15H12Cl2F2N2O3S2. The average Bonchev–Trinajstić information content (AvgIpc) is 2.94. The summed E-state index contributed by atoms with van der Waals surface area (Å²) in [5, 5.41) is 0. The minimum absolute atomic E-state index is 0.0421. The van der Waals surface area contributed by atoms with Crippen LogP contribution in [0.2, 0.25) is 8.67 Å². The van der Waals surface area contributed by atoms with Gasteiger partial charge < -0.3 is 4.90 Å². The molecule has 5 nitrogen and oxygen atoms in total. The van der Waals surface area contributed by atoms with Crippen molar-refractivity contribution in [2.45, 2.75) is 4.90 Å². The molecule has 140 valence electrons. The molecule has 0 aliphatic carbocycles. The van der Waals surface area contributed by atoms with E-state index in [4.69, 9.17) is 23.2 Å². The first-order chi connectivity index (χ1) is 12.2. The minimum Gasteiger partial charge on any atom is -0.336 e. The van der Waals surface area contributed by atoms with Crippen molar-refractivity contribution in [1.82, 2.24) is 9.21 Å². The predicted octanol–water partition coefficient (Wildman–Crippen LogP) is 3.48. The molecule has 1 saturated heterocycles. The van der Waals surface area contributed by atoms with Gasteiger partial charge in [-0.25, -0.2) is 17.2 Å². The molecule has 1 aliphatic rings. The highest BCUT2D eigenvalue weighted by molar-refractivity contribution is 7.89. The van der Waals surface area contributed by atoms with Crippen LogP contribution in [-0.4, -0.2) is 49.7 Å². The molecule has 1 aromatic carbocycles. The molecule has 2 heterocycles. The van der Waals surface area contributed by atoms with Crippen LogP contribution < -0.4 is 0 Å². The van der Waals surface area contributed by atoms with Gasteiger partial charge in [-0.2, -0.15) is 4.31 Å². The highest BCUT2D eigenvalue weighted by Gasteiger charge is 2.33. The highest BCUT2D eigenvalue weighted by Crippen LogP contribution is 2.32. The predicted molar refractivity (Wildman–Crippen MR) is 95.4 cm³/mol. The summed E-state index contributed by atoms with van der Waals surface area (Å²) in [4.78, 5) is 13.2. The van der Waals surface area contributed by atoms with Crippen molar-refractivity contribution < 1.29 is 22.0 Å². The van der Waals surface area contributed by atoms with Crippen LogP contribution in [0.3, 0.4) is 0 Å². The van der Waals surface area contributed by atoms with Crippen LogP contribution in [0.15, 0.2) is 29.2 Å². The van der Waals surface area contributed by atoms with E-state index in [9.17, 15) is 22.0 Å². The highest BCUT2D eigenvalue weighted by atomic mass is 35.5. The molecule has 1 amide bonds. The van der Waals surface area contributed by atoms with Crippen molar-refractivity contribution in [3.63, 3.8) is 0 Å². The van der Waals surface area contributed by atoms with Crippen LogP contribution in [0, 0.1) is 11.6 Å². The second-order valence-electron chi connectivity index (χ2n) is 5.51. The van der Waals surface area contributed by atoms with Crippen molar-refractivity contribution in [3.05, 3.63) is 50.1 Å². The fourth-order valence-corrected chi connectivity index (χ4v) is 5.55. The second-order valence-corrected chi connectivity index (χ2v) is 9.70. The summed E-state index contributed by atoms with van der Waals surface area (Å²) in [6.07, 6.45) is 0. The van der Waals surface area contributed by atoms with E-state index in [-0.39, 0.29) is 42.0 Å². The topological polar surface area (TPSA) is 57.7 Å². The van der Waals surface area contributed by atoms with Crippen LogP contribution >= 0.6 is 34.5 Å². The number of halogens is 4. The maximum Gasteiger partial charge on any atom is 0.256 e. The molecule has 26 heavy (non-hydrogen) atoms. The van der Waals surface area contributed by atoms with Gasteiger partial charge in [-0.1, -0.05) is 23.2 Å². The van der Waals surface area contributed by atoms with E-state index >= 15 is 0 Å². The Morgan fingerprint density at radius 1 is 1.08 bits per heavy atom. The quantitative estimate of drug-likeness (QED) is 0.733. The third-order valence-electron chi connectivity index (χ3n) is 3.92. The molecule has 0 bridgehead atoms. The summed E-state index contributed by atoms with van der Waals surface area (Å²) < 4.78 is 53.9. The Kier molecular flexibility index (Phi) is 5.55. The van der Waals surface area contributed by atoms with Gasteiger partial charge in [-0.05, 0) is 24.3 Å². The van der Waals surface area contributed by atoms with Crippen molar-refractivity contribution in [1.29, 1.82) is 0 Å². The molecule has 11 heteroatoms. The number of thiophene rings is 1. The number of nitrogens with zero attached hydrogens (tertiary/aromatic N) is 2. The minimum atomic E-state index is -4.20. The normalized spacial score (nSPS) is 16.1. The van der Waals surface area contributed by atoms with Gasteiger partial charge in [0.15, 0.2) is 0 Å². The van der Waals surface area contributed by atoms with Gasteiger partial charge in [0.05, 0.1) is 9.90 Å². The van der Waals surface area contributed by atoms with Gasteiger partial charge in [0.2, 0.25) is 10.0 Å². The Morgan fingerprint density at radius 3 is 2.31 bits per heavy atom. The van der Waals surface area contributed by atoms with Crippen LogP contribution in [-0.2, 0) is 10.0 Å². The van der Waals surface area contributed by atoms with E-state index in [1.54, 1.807) is 0 Å². The number of benzene rings is 1. The molecule has 2 aromatic rings. The number of piperazine rings is 1. The Hall–Kier alpha value is -1.26. The van der Waals surface area contributed by atoms with E-state index in [0.717, 1.165) is 27.8 Å².